The number of carbonyl (C=O) groups is 2. The number of thioether (sulfide) groups is 1. The number of rotatable bonds is 10. The summed E-state index contributed by atoms with van der Waals surface area (Å²) in [6.45, 7) is 2.25. The fraction of sp³-hybridized carbons (Fsp3) is 0.333. The third-order valence-corrected chi connectivity index (χ3v) is 6.62. The number of ether oxygens (including phenoxy) is 2. The van der Waals surface area contributed by atoms with Gasteiger partial charge in [-0.25, -0.2) is 0 Å². The van der Waals surface area contributed by atoms with Gasteiger partial charge in [-0.3, -0.25) is 9.59 Å². The molecule has 2 amide bonds. The Hall–Kier alpha value is -3.79. The van der Waals surface area contributed by atoms with Gasteiger partial charge in [0.1, 0.15) is 0 Å². The van der Waals surface area contributed by atoms with Crippen LogP contribution in [0.25, 0.3) is 6.08 Å². The van der Waals surface area contributed by atoms with Crippen molar-refractivity contribution in [2.45, 2.75) is 25.0 Å². The first-order chi connectivity index (χ1) is 17.8. The number of methoxy groups -OCH3 is 2. The van der Waals surface area contributed by atoms with E-state index in [0.717, 1.165) is 16.8 Å². The molecule has 0 radical (unpaired) electrons. The molecule has 37 heavy (non-hydrogen) atoms. The van der Waals surface area contributed by atoms with Crippen molar-refractivity contribution >= 4 is 46.2 Å². The van der Waals surface area contributed by atoms with Gasteiger partial charge in [0.2, 0.25) is 11.8 Å². The monoisotopic (exact) mass is 523 g/mol. The molecular weight excluding hydrogens is 490 g/mol. The van der Waals surface area contributed by atoms with Gasteiger partial charge in [0, 0.05) is 32.7 Å². The fourth-order valence-electron chi connectivity index (χ4n) is 3.48. The van der Waals surface area contributed by atoms with E-state index in [2.05, 4.69) is 20.8 Å². The number of carbonyl (C=O) groups excluding carboxylic acids is 2. The van der Waals surface area contributed by atoms with Crippen molar-refractivity contribution < 1.29 is 19.1 Å². The summed E-state index contributed by atoms with van der Waals surface area (Å²) in [5, 5.41) is 13.7. The molecule has 1 unspecified atom stereocenters. The van der Waals surface area contributed by atoms with E-state index in [0.29, 0.717) is 35.3 Å². The zero-order chi connectivity index (χ0) is 26.8. The van der Waals surface area contributed by atoms with Crippen molar-refractivity contribution in [2.24, 2.45) is 10.2 Å². The van der Waals surface area contributed by atoms with Crippen molar-refractivity contribution in [3.63, 3.8) is 0 Å². The molecule has 10 heteroatoms. The minimum Gasteiger partial charge on any atom is -0.493 e. The average Bonchev–Trinajstić information content (AvgIpc) is 2.90. The Labute approximate surface area is 222 Å². The minimum atomic E-state index is -0.570. The largest absolute Gasteiger partial charge is 0.493 e. The van der Waals surface area contributed by atoms with Gasteiger partial charge in [0.25, 0.3) is 0 Å². The van der Waals surface area contributed by atoms with Crippen molar-refractivity contribution in [3.8, 4) is 11.5 Å². The third-order valence-electron chi connectivity index (χ3n) is 5.55. The normalized spacial score (nSPS) is 17.0. The van der Waals surface area contributed by atoms with Crippen molar-refractivity contribution in [1.82, 2.24) is 10.6 Å². The molecule has 2 aromatic carbocycles. The van der Waals surface area contributed by atoms with Gasteiger partial charge >= 0.3 is 0 Å². The number of amidine groups is 1. The highest BCUT2D eigenvalue weighted by molar-refractivity contribution is 8.15. The summed E-state index contributed by atoms with van der Waals surface area (Å²) in [4.78, 5) is 26.9. The van der Waals surface area contributed by atoms with Crippen molar-refractivity contribution in [3.05, 3.63) is 59.7 Å². The maximum atomic E-state index is 12.7. The number of anilines is 1. The first-order valence-corrected chi connectivity index (χ1v) is 12.7. The highest BCUT2D eigenvalue weighted by Crippen LogP contribution is 2.27. The molecule has 0 aliphatic carbocycles. The minimum absolute atomic E-state index is 0.0808. The number of nitrogens with one attached hydrogen (secondary N) is 2. The SMILES string of the molecule is COc1ccc(CCNC(=O)C2CC(=O)N\C(=N/N=C(C)\C=C\c3ccc(N(C)C)cc3)S2)cc1OC. The van der Waals surface area contributed by atoms with Gasteiger partial charge in [0.05, 0.1) is 25.2 Å². The summed E-state index contributed by atoms with van der Waals surface area (Å²) < 4.78 is 10.6. The number of nitrogens with zero attached hydrogens (tertiary/aromatic N) is 3. The van der Waals surface area contributed by atoms with Gasteiger partial charge in [-0.15, -0.1) is 5.10 Å². The Bertz CT molecular complexity index is 1190. The number of hydrogen-bond donors (Lipinski definition) is 2. The number of allylic oxidation sites excluding steroid dienone is 1. The van der Waals surface area contributed by atoms with Gasteiger partial charge in [-0.1, -0.05) is 36.0 Å². The van der Waals surface area contributed by atoms with Crippen molar-refractivity contribution in [2.75, 3.05) is 39.8 Å². The molecule has 0 saturated carbocycles. The summed E-state index contributed by atoms with van der Waals surface area (Å²) in [5.41, 5.74) is 3.83. The standard InChI is InChI=1S/C27H33N5O4S/c1-18(6-7-19-8-11-21(12-9-19)32(2)3)30-31-27-29-25(33)17-24(37-27)26(34)28-15-14-20-10-13-22(35-4)23(16-20)36-5/h6-13,16,24H,14-15,17H2,1-5H3,(H,28,34)(H,29,31,33)/b7-6+,30-18-. The molecule has 1 heterocycles. The van der Waals surface area contributed by atoms with Gasteiger partial charge in [0.15, 0.2) is 16.7 Å². The lowest BCUT2D eigenvalue weighted by Crippen LogP contribution is -2.44. The molecule has 196 valence electrons. The van der Waals surface area contributed by atoms with E-state index in [9.17, 15) is 9.59 Å². The van der Waals surface area contributed by atoms with E-state index in [1.807, 2.05) is 80.5 Å². The third kappa shape index (κ3) is 8.38. The summed E-state index contributed by atoms with van der Waals surface area (Å²) in [7, 11) is 7.16. The Morgan fingerprint density at radius 3 is 2.57 bits per heavy atom. The van der Waals surface area contributed by atoms with E-state index < -0.39 is 5.25 Å². The second-order valence-electron chi connectivity index (χ2n) is 8.55. The lowest BCUT2D eigenvalue weighted by atomic mass is 10.1. The molecule has 1 atom stereocenters. The summed E-state index contributed by atoms with van der Waals surface area (Å²) in [5.74, 6) is 0.815. The molecule has 1 fully saturated rings. The fourth-order valence-corrected chi connectivity index (χ4v) is 4.43. The lowest BCUT2D eigenvalue weighted by molar-refractivity contribution is -0.125. The Kier molecular flexibility index (Phi) is 10.1. The molecule has 1 saturated heterocycles. The van der Waals surface area contributed by atoms with E-state index in [1.165, 1.54) is 11.8 Å². The summed E-state index contributed by atoms with van der Waals surface area (Å²) >= 11 is 1.19. The van der Waals surface area contributed by atoms with Crippen LogP contribution in [0, 0.1) is 0 Å². The second-order valence-corrected chi connectivity index (χ2v) is 9.75. The Morgan fingerprint density at radius 1 is 1.16 bits per heavy atom. The van der Waals surface area contributed by atoms with Crippen LogP contribution in [0.4, 0.5) is 5.69 Å². The molecule has 2 N–H and O–H groups in total. The maximum absolute atomic E-state index is 12.7. The average molecular weight is 524 g/mol. The zero-order valence-corrected chi connectivity index (χ0v) is 22.6. The van der Waals surface area contributed by atoms with Crippen LogP contribution < -0.4 is 25.0 Å². The first-order valence-electron chi connectivity index (χ1n) is 11.8. The summed E-state index contributed by atoms with van der Waals surface area (Å²) in [6, 6.07) is 13.8. The molecule has 1 aliphatic heterocycles. The quantitative estimate of drug-likeness (QED) is 0.365. The molecule has 3 rings (SSSR count). The van der Waals surface area contributed by atoms with Crippen LogP contribution in [0.15, 0.2) is 58.7 Å². The van der Waals surface area contributed by atoms with Crippen LogP contribution >= 0.6 is 11.8 Å². The van der Waals surface area contributed by atoms with Crippen LogP contribution in [-0.2, 0) is 16.0 Å². The summed E-state index contributed by atoms with van der Waals surface area (Å²) in [6.07, 6.45) is 4.49. The number of hydrogen-bond acceptors (Lipinski definition) is 8. The molecule has 0 spiro atoms. The maximum Gasteiger partial charge on any atom is 0.234 e. The highest BCUT2D eigenvalue weighted by atomic mass is 32.2. The van der Waals surface area contributed by atoms with Gasteiger partial charge in [-0.2, -0.15) is 5.10 Å². The number of benzene rings is 2. The van der Waals surface area contributed by atoms with Gasteiger partial charge in [-0.05, 0) is 54.8 Å². The molecule has 9 nitrogen and oxygen atoms in total. The smallest absolute Gasteiger partial charge is 0.234 e. The van der Waals surface area contributed by atoms with Crippen molar-refractivity contribution in [1.29, 1.82) is 0 Å². The van der Waals surface area contributed by atoms with Crippen LogP contribution in [0.5, 0.6) is 11.5 Å². The zero-order valence-electron chi connectivity index (χ0n) is 21.8. The van der Waals surface area contributed by atoms with Gasteiger partial charge < -0.3 is 25.0 Å². The molecule has 2 aromatic rings. The Morgan fingerprint density at radius 2 is 1.89 bits per heavy atom. The molecule has 1 aliphatic rings. The van der Waals surface area contributed by atoms with Crippen LogP contribution in [0.1, 0.15) is 24.5 Å². The van der Waals surface area contributed by atoms with E-state index in [-0.39, 0.29) is 18.2 Å². The number of amides is 2. The molecule has 0 aromatic heterocycles. The van der Waals surface area contributed by atoms with E-state index in [4.69, 9.17) is 9.47 Å². The predicted octanol–water partition coefficient (Wildman–Crippen LogP) is 3.50. The molecular formula is C27H33N5O4S. The Balaban J connectivity index is 1.54. The van der Waals surface area contributed by atoms with Crippen LogP contribution in [-0.4, -0.2) is 62.8 Å². The van der Waals surface area contributed by atoms with Crippen LogP contribution in [0.3, 0.4) is 0 Å². The van der Waals surface area contributed by atoms with E-state index in [1.54, 1.807) is 14.2 Å². The predicted molar refractivity (Wildman–Crippen MR) is 151 cm³/mol. The second kappa shape index (κ2) is 13.5. The topological polar surface area (TPSA) is 105 Å². The lowest BCUT2D eigenvalue weighted by Gasteiger charge is -2.21. The highest BCUT2D eigenvalue weighted by Gasteiger charge is 2.30. The first kappa shape index (κ1) is 27.8. The molecule has 0 bridgehead atoms. The van der Waals surface area contributed by atoms with Crippen LogP contribution in [0.2, 0.25) is 0 Å². The van der Waals surface area contributed by atoms with E-state index >= 15 is 0 Å².